The zero-order valence-corrected chi connectivity index (χ0v) is 9.32. The van der Waals surface area contributed by atoms with Gasteiger partial charge in [0, 0.05) is 16.8 Å². The molecule has 0 fully saturated rings. The van der Waals surface area contributed by atoms with Crippen LogP contribution in [-0.4, -0.2) is 11.5 Å². The Hall–Kier alpha value is -2.32. The number of rotatable bonds is 4. The lowest BCUT2D eigenvalue weighted by Crippen LogP contribution is -1.82. The average molecular weight is 224 g/mol. The predicted molar refractivity (Wildman–Crippen MR) is 69.4 cm³/mol. The Balaban J connectivity index is 2.11. The van der Waals surface area contributed by atoms with E-state index in [2.05, 4.69) is 21.1 Å². The summed E-state index contributed by atoms with van der Waals surface area (Å²) in [6.45, 7) is 0.487. The highest BCUT2D eigenvalue weighted by Gasteiger charge is 1.93. The Kier molecular flexibility index (Phi) is 3.73. The number of azide groups is 1. The molecule has 84 valence electrons. The summed E-state index contributed by atoms with van der Waals surface area (Å²) in [6.07, 6.45) is 4.64. The molecule has 0 saturated heterocycles. The Morgan fingerprint density at radius 3 is 3.00 bits per heavy atom. The van der Waals surface area contributed by atoms with E-state index in [1.807, 2.05) is 42.5 Å². The van der Waals surface area contributed by atoms with Crippen molar-refractivity contribution in [1.82, 2.24) is 4.98 Å². The molecule has 4 nitrogen and oxygen atoms in total. The summed E-state index contributed by atoms with van der Waals surface area (Å²) in [5.74, 6) is 0. The van der Waals surface area contributed by atoms with Crippen LogP contribution in [0.2, 0.25) is 0 Å². The number of hydrogen-bond donors (Lipinski definition) is 0. The molecule has 0 bridgehead atoms. The van der Waals surface area contributed by atoms with Crippen molar-refractivity contribution in [3.63, 3.8) is 0 Å². The second kappa shape index (κ2) is 5.68. The van der Waals surface area contributed by atoms with Gasteiger partial charge in [-0.05, 0) is 30.2 Å². The van der Waals surface area contributed by atoms with Gasteiger partial charge < -0.3 is 0 Å². The van der Waals surface area contributed by atoms with Crippen molar-refractivity contribution in [2.75, 3.05) is 6.54 Å². The fourth-order valence-electron chi connectivity index (χ4n) is 1.56. The molecule has 2 rings (SSSR count). The monoisotopic (exact) mass is 224 g/mol. The summed E-state index contributed by atoms with van der Waals surface area (Å²) in [4.78, 5) is 7.20. The van der Waals surface area contributed by atoms with Gasteiger partial charge in [0.1, 0.15) is 0 Å². The van der Waals surface area contributed by atoms with Crippen molar-refractivity contribution in [3.8, 4) is 0 Å². The highest BCUT2D eigenvalue weighted by atomic mass is 15.1. The number of pyridine rings is 1. The summed E-state index contributed by atoms with van der Waals surface area (Å²) in [5, 5.41) is 4.60. The third-order valence-electron chi connectivity index (χ3n) is 2.37. The molecule has 0 unspecified atom stereocenters. The Bertz CT molecular complexity index is 583. The first-order valence-electron chi connectivity index (χ1n) is 5.43. The predicted octanol–water partition coefficient (Wildman–Crippen LogP) is 3.95. The highest BCUT2D eigenvalue weighted by Crippen LogP contribution is 2.12. The third-order valence-corrected chi connectivity index (χ3v) is 2.37. The molecule has 4 heteroatoms. The van der Waals surface area contributed by atoms with E-state index in [0.717, 1.165) is 23.0 Å². The quantitative estimate of drug-likeness (QED) is 0.335. The van der Waals surface area contributed by atoms with Gasteiger partial charge in [0.25, 0.3) is 0 Å². The van der Waals surface area contributed by atoms with Gasteiger partial charge in [-0.2, -0.15) is 0 Å². The molecular weight excluding hydrogens is 212 g/mol. The summed E-state index contributed by atoms with van der Waals surface area (Å²) in [6, 6.07) is 12.0. The SMILES string of the molecule is [N-]=[N+]=NCCC=Cc1ccc2ccccc2n1. The maximum Gasteiger partial charge on any atom is 0.0709 e. The van der Waals surface area contributed by atoms with Crippen LogP contribution in [0.5, 0.6) is 0 Å². The normalized spacial score (nSPS) is 10.6. The van der Waals surface area contributed by atoms with Crippen molar-refractivity contribution in [2.24, 2.45) is 5.11 Å². The van der Waals surface area contributed by atoms with Gasteiger partial charge in [0.15, 0.2) is 0 Å². The third kappa shape index (κ3) is 3.06. The number of benzene rings is 1. The molecule has 0 aliphatic rings. The fraction of sp³-hybridized carbons (Fsp3) is 0.154. The van der Waals surface area contributed by atoms with E-state index in [-0.39, 0.29) is 0 Å². The van der Waals surface area contributed by atoms with Gasteiger partial charge >= 0.3 is 0 Å². The second-order valence-corrected chi connectivity index (χ2v) is 3.57. The van der Waals surface area contributed by atoms with Crippen LogP contribution >= 0.6 is 0 Å². The van der Waals surface area contributed by atoms with Crippen LogP contribution in [0.3, 0.4) is 0 Å². The smallest absolute Gasteiger partial charge is 0.0709 e. The number of para-hydroxylation sites is 1. The Morgan fingerprint density at radius 1 is 1.24 bits per heavy atom. The standard InChI is InChI=1S/C13H12N4/c14-17-15-10-4-3-6-12-9-8-11-5-1-2-7-13(11)16-12/h1-3,5-9H,4,10H2. The maximum absolute atomic E-state index is 8.12. The first-order valence-corrected chi connectivity index (χ1v) is 5.43. The topological polar surface area (TPSA) is 61.7 Å². The van der Waals surface area contributed by atoms with Crippen LogP contribution in [0.25, 0.3) is 27.4 Å². The zero-order chi connectivity index (χ0) is 11.9. The average Bonchev–Trinajstić information content (AvgIpc) is 2.38. The fourth-order valence-corrected chi connectivity index (χ4v) is 1.56. The van der Waals surface area contributed by atoms with Gasteiger partial charge in [-0.1, -0.05) is 35.5 Å². The number of hydrogen-bond acceptors (Lipinski definition) is 2. The van der Waals surface area contributed by atoms with Crippen LogP contribution in [0.1, 0.15) is 12.1 Å². The summed E-state index contributed by atoms with van der Waals surface area (Å²) >= 11 is 0. The first kappa shape index (κ1) is 11.2. The van der Waals surface area contributed by atoms with E-state index in [0.29, 0.717) is 6.54 Å². The highest BCUT2D eigenvalue weighted by molar-refractivity contribution is 5.79. The first-order chi connectivity index (χ1) is 8.40. The minimum absolute atomic E-state index is 0.487. The Morgan fingerprint density at radius 2 is 2.12 bits per heavy atom. The molecular formula is C13H12N4. The van der Waals surface area contributed by atoms with Crippen molar-refractivity contribution in [3.05, 3.63) is 58.6 Å². The molecule has 0 aliphatic carbocycles. The van der Waals surface area contributed by atoms with Crippen LogP contribution < -0.4 is 0 Å². The van der Waals surface area contributed by atoms with Crippen LogP contribution in [-0.2, 0) is 0 Å². The lowest BCUT2D eigenvalue weighted by atomic mass is 10.2. The van der Waals surface area contributed by atoms with Crippen molar-refractivity contribution in [1.29, 1.82) is 0 Å². The Labute approximate surface area is 99.2 Å². The van der Waals surface area contributed by atoms with E-state index >= 15 is 0 Å². The molecule has 0 radical (unpaired) electrons. The van der Waals surface area contributed by atoms with Crippen molar-refractivity contribution < 1.29 is 0 Å². The lowest BCUT2D eigenvalue weighted by molar-refractivity contribution is 0.995. The van der Waals surface area contributed by atoms with Crippen LogP contribution in [0.15, 0.2) is 47.6 Å². The van der Waals surface area contributed by atoms with E-state index < -0.39 is 0 Å². The summed E-state index contributed by atoms with van der Waals surface area (Å²) in [7, 11) is 0. The largest absolute Gasteiger partial charge is 0.248 e. The molecule has 1 heterocycles. The molecule has 2 aromatic rings. The summed E-state index contributed by atoms with van der Waals surface area (Å²) < 4.78 is 0. The molecule has 0 saturated carbocycles. The van der Waals surface area contributed by atoms with E-state index in [1.54, 1.807) is 0 Å². The molecule has 17 heavy (non-hydrogen) atoms. The van der Waals surface area contributed by atoms with Crippen LogP contribution in [0.4, 0.5) is 0 Å². The minimum atomic E-state index is 0.487. The van der Waals surface area contributed by atoms with Crippen molar-refractivity contribution in [2.45, 2.75) is 6.42 Å². The lowest BCUT2D eigenvalue weighted by Gasteiger charge is -1.97. The van der Waals surface area contributed by atoms with E-state index in [9.17, 15) is 0 Å². The van der Waals surface area contributed by atoms with E-state index in [4.69, 9.17) is 5.53 Å². The molecule has 0 atom stereocenters. The number of fused-ring (bicyclic) bond motifs is 1. The molecule has 1 aromatic heterocycles. The maximum atomic E-state index is 8.12. The van der Waals surface area contributed by atoms with Crippen molar-refractivity contribution >= 4 is 17.0 Å². The molecule has 1 aromatic carbocycles. The number of aromatic nitrogens is 1. The molecule has 0 spiro atoms. The van der Waals surface area contributed by atoms with Gasteiger partial charge in [0.2, 0.25) is 0 Å². The van der Waals surface area contributed by atoms with Gasteiger partial charge in [-0.3, -0.25) is 0 Å². The van der Waals surface area contributed by atoms with Gasteiger partial charge in [0.05, 0.1) is 11.2 Å². The molecule has 0 aliphatic heterocycles. The van der Waals surface area contributed by atoms with E-state index in [1.165, 1.54) is 0 Å². The molecule has 0 amide bonds. The number of nitrogens with zero attached hydrogens (tertiary/aromatic N) is 4. The van der Waals surface area contributed by atoms with Crippen LogP contribution in [0, 0.1) is 0 Å². The summed E-state index contributed by atoms with van der Waals surface area (Å²) in [5.41, 5.74) is 10.0. The van der Waals surface area contributed by atoms with Gasteiger partial charge in [-0.15, -0.1) is 0 Å². The second-order valence-electron chi connectivity index (χ2n) is 3.57. The zero-order valence-electron chi connectivity index (χ0n) is 9.32. The minimum Gasteiger partial charge on any atom is -0.248 e. The molecule has 0 N–H and O–H groups in total. The van der Waals surface area contributed by atoms with Gasteiger partial charge in [-0.25, -0.2) is 4.98 Å².